The van der Waals surface area contributed by atoms with E-state index < -0.39 is 0 Å². The second-order valence-electron chi connectivity index (χ2n) is 6.31. The van der Waals surface area contributed by atoms with Gasteiger partial charge in [-0.25, -0.2) is 0 Å². The molecule has 0 radical (unpaired) electrons. The molecule has 5 heteroatoms. The van der Waals surface area contributed by atoms with Crippen molar-refractivity contribution in [2.45, 2.75) is 45.1 Å². The van der Waals surface area contributed by atoms with E-state index in [9.17, 15) is 14.4 Å². The number of ketones is 1. The summed E-state index contributed by atoms with van der Waals surface area (Å²) in [5.74, 6) is 0.351. The Morgan fingerprint density at radius 2 is 1.92 bits per heavy atom. The average Bonchev–Trinajstić information content (AvgIpc) is 2.61. The van der Waals surface area contributed by atoms with Gasteiger partial charge in [0.2, 0.25) is 0 Å². The lowest BCUT2D eigenvalue weighted by Gasteiger charge is -2.24. The van der Waals surface area contributed by atoms with Crippen molar-refractivity contribution in [3.05, 3.63) is 45.7 Å². The van der Waals surface area contributed by atoms with Gasteiger partial charge in [0.25, 0.3) is 11.5 Å². The molecule has 126 valence electrons. The molecule has 3 rings (SSSR count). The number of nitrogens with one attached hydrogen (secondary N) is 1. The molecule has 2 aromatic rings. The smallest absolute Gasteiger partial charge is 0.251 e. The van der Waals surface area contributed by atoms with Crippen molar-refractivity contribution in [1.29, 1.82) is 0 Å². The molecule has 0 aliphatic heterocycles. The third kappa shape index (κ3) is 2.86. The Morgan fingerprint density at radius 1 is 1.21 bits per heavy atom. The monoisotopic (exact) mass is 326 g/mol. The van der Waals surface area contributed by atoms with E-state index in [1.54, 1.807) is 23.7 Å². The fourth-order valence-electron chi connectivity index (χ4n) is 3.61. The highest BCUT2D eigenvalue weighted by Gasteiger charge is 2.23. The third-order valence-corrected chi connectivity index (χ3v) is 4.93. The van der Waals surface area contributed by atoms with Crippen molar-refractivity contribution in [2.75, 3.05) is 7.05 Å². The number of Topliss-reactive ketones (excluding diaryl/α,β-unsaturated/α-hetero) is 1. The highest BCUT2D eigenvalue weighted by atomic mass is 16.1. The van der Waals surface area contributed by atoms with Crippen LogP contribution in [0.15, 0.2) is 29.1 Å². The van der Waals surface area contributed by atoms with Crippen LogP contribution in [0.1, 0.15) is 54.4 Å². The number of aryl methyl sites for hydroxylation is 1. The molecular weight excluding hydrogens is 304 g/mol. The van der Waals surface area contributed by atoms with Crippen molar-refractivity contribution in [2.24, 2.45) is 0 Å². The Kier molecular flexibility index (Phi) is 4.51. The van der Waals surface area contributed by atoms with Crippen LogP contribution in [-0.2, 0) is 11.3 Å². The van der Waals surface area contributed by atoms with E-state index in [-0.39, 0.29) is 17.4 Å². The van der Waals surface area contributed by atoms with E-state index in [1.165, 1.54) is 0 Å². The Bertz CT molecular complexity index is 857. The summed E-state index contributed by atoms with van der Waals surface area (Å²) in [6.07, 6.45) is 2.68. The Morgan fingerprint density at radius 3 is 2.54 bits per heavy atom. The van der Waals surface area contributed by atoms with Crippen LogP contribution in [0.5, 0.6) is 0 Å². The molecule has 1 saturated carbocycles. The normalized spacial score (nSPS) is 15.7. The first-order valence-electron chi connectivity index (χ1n) is 8.46. The SMILES string of the molecule is CCn1c(=O)cc(C2CCC(=O)CC2)c2cc(C(=O)NC)ccc21. The molecular formula is C19H22N2O3. The van der Waals surface area contributed by atoms with Crippen molar-refractivity contribution >= 4 is 22.6 Å². The zero-order valence-electron chi connectivity index (χ0n) is 14.1. The number of carbonyl (C=O) groups is 2. The number of benzene rings is 1. The number of fused-ring (bicyclic) bond motifs is 1. The van der Waals surface area contributed by atoms with Crippen molar-refractivity contribution in [3.63, 3.8) is 0 Å². The summed E-state index contributed by atoms with van der Waals surface area (Å²) in [7, 11) is 1.60. The lowest BCUT2D eigenvalue weighted by Crippen LogP contribution is -2.23. The predicted molar refractivity (Wildman–Crippen MR) is 93.5 cm³/mol. The van der Waals surface area contributed by atoms with Gasteiger partial charge in [-0.1, -0.05) is 0 Å². The molecule has 0 bridgehead atoms. The van der Waals surface area contributed by atoms with Gasteiger partial charge in [-0.3, -0.25) is 14.4 Å². The molecule has 24 heavy (non-hydrogen) atoms. The maximum Gasteiger partial charge on any atom is 0.251 e. The van der Waals surface area contributed by atoms with Gasteiger partial charge in [0.15, 0.2) is 0 Å². The molecule has 1 fully saturated rings. The zero-order chi connectivity index (χ0) is 17.3. The fraction of sp³-hybridized carbons (Fsp3) is 0.421. The van der Waals surface area contributed by atoms with Gasteiger partial charge in [-0.15, -0.1) is 0 Å². The number of rotatable bonds is 3. The molecule has 1 amide bonds. The molecule has 0 unspecified atom stereocenters. The van der Waals surface area contributed by atoms with Crippen LogP contribution in [0, 0.1) is 0 Å². The maximum absolute atomic E-state index is 12.5. The topological polar surface area (TPSA) is 68.2 Å². The second kappa shape index (κ2) is 6.59. The lowest BCUT2D eigenvalue weighted by molar-refractivity contribution is -0.120. The van der Waals surface area contributed by atoms with Crippen molar-refractivity contribution in [1.82, 2.24) is 9.88 Å². The van der Waals surface area contributed by atoms with Gasteiger partial charge in [0.05, 0.1) is 5.52 Å². The van der Waals surface area contributed by atoms with E-state index in [0.29, 0.717) is 30.7 Å². The van der Waals surface area contributed by atoms with Crippen LogP contribution in [0.3, 0.4) is 0 Å². The summed E-state index contributed by atoms with van der Waals surface area (Å²) in [5.41, 5.74) is 2.38. The molecule has 1 heterocycles. The minimum Gasteiger partial charge on any atom is -0.355 e. The molecule has 1 aromatic carbocycles. The van der Waals surface area contributed by atoms with Crippen LogP contribution >= 0.6 is 0 Å². The summed E-state index contributed by atoms with van der Waals surface area (Å²) in [6, 6.07) is 7.16. The number of carbonyl (C=O) groups excluding carboxylic acids is 2. The van der Waals surface area contributed by atoms with Crippen LogP contribution < -0.4 is 10.9 Å². The number of nitrogens with zero attached hydrogens (tertiary/aromatic N) is 1. The van der Waals surface area contributed by atoms with E-state index in [2.05, 4.69) is 5.32 Å². The van der Waals surface area contributed by atoms with E-state index in [1.807, 2.05) is 19.1 Å². The zero-order valence-corrected chi connectivity index (χ0v) is 14.1. The van der Waals surface area contributed by atoms with Gasteiger partial charge < -0.3 is 9.88 Å². The number of amides is 1. The minimum atomic E-state index is -0.143. The summed E-state index contributed by atoms with van der Waals surface area (Å²) in [6.45, 7) is 2.52. The quantitative estimate of drug-likeness (QED) is 0.943. The van der Waals surface area contributed by atoms with Crippen LogP contribution in [0.25, 0.3) is 10.9 Å². The fourth-order valence-corrected chi connectivity index (χ4v) is 3.61. The standard InChI is InChI=1S/C19H22N2O3/c1-3-21-17-9-6-13(19(24)20-2)10-16(17)15(11-18(21)23)12-4-7-14(22)8-5-12/h6,9-12H,3-5,7-8H2,1-2H3,(H,20,24). The molecule has 1 aromatic heterocycles. The Labute approximate surface area is 140 Å². The first-order valence-corrected chi connectivity index (χ1v) is 8.46. The van der Waals surface area contributed by atoms with E-state index >= 15 is 0 Å². The van der Waals surface area contributed by atoms with Crippen molar-refractivity contribution in [3.8, 4) is 0 Å². The highest BCUT2D eigenvalue weighted by molar-refractivity contribution is 5.98. The number of hydrogen-bond donors (Lipinski definition) is 1. The first-order chi connectivity index (χ1) is 11.5. The lowest BCUT2D eigenvalue weighted by atomic mass is 9.82. The van der Waals surface area contributed by atoms with Gasteiger partial charge in [-0.2, -0.15) is 0 Å². The van der Waals surface area contributed by atoms with Crippen LogP contribution in [-0.4, -0.2) is 23.3 Å². The van der Waals surface area contributed by atoms with Gasteiger partial charge >= 0.3 is 0 Å². The van der Waals surface area contributed by atoms with E-state index in [0.717, 1.165) is 29.3 Å². The largest absolute Gasteiger partial charge is 0.355 e. The third-order valence-electron chi connectivity index (χ3n) is 4.93. The summed E-state index contributed by atoms with van der Waals surface area (Å²) >= 11 is 0. The van der Waals surface area contributed by atoms with Gasteiger partial charge in [0.1, 0.15) is 5.78 Å². The predicted octanol–water partition coefficient (Wildman–Crippen LogP) is 2.61. The molecule has 1 N–H and O–H groups in total. The van der Waals surface area contributed by atoms with Gasteiger partial charge in [-0.05, 0) is 49.4 Å². The van der Waals surface area contributed by atoms with Crippen LogP contribution in [0.2, 0.25) is 0 Å². The number of hydrogen-bond acceptors (Lipinski definition) is 3. The minimum absolute atomic E-state index is 0.0235. The summed E-state index contributed by atoms with van der Waals surface area (Å²) < 4.78 is 1.72. The molecule has 5 nitrogen and oxygen atoms in total. The summed E-state index contributed by atoms with van der Waals surface area (Å²) in [4.78, 5) is 36.0. The molecule has 0 atom stereocenters. The number of aromatic nitrogens is 1. The Hall–Kier alpha value is -2.43. The van der Waals surface area contributed by atoms with Gasteiger partial charge in [0, 0.05) is 43.5 Å². The first kappa shape index (κ1) is 16.4. The molecule has 1 aliphatic rings. The van der Waals surface area contributed by atoms with Crippen molar-refractivity contribution < 1.29 is 9.59 Å². The Balaban J connectivity index is 2.21. The molecule has 1 aliphatic carbocycles. The van der Waals surface area contributed by atoms with Crippen LogP contribution in [0.4, 0.5) is 0 Å². The molecule has 0 saturated heterocycles. The summed E-state index contributed by atoms with van der Waals surface area (Å²) in [5, 5.41) is 3.58. The highest BCUT2D eigenvalue weighted by Crippen LogP contribution is 2.35. The van der Waals surface area contributed by atoms with E-state index in [4.69, 9.17) is 0 Å². The number of pyridine rings is 1. The molecule has 0 spiro atoms. The maximum atomic E-state index is 12.5. The second-order valence-corrected chi connectivity index (χ2v) is 6.31. The average molecular weight is 326 g/mol.